The molecule has 34 heavy (non-hydrogen) atoms. The highest BCUT2D eigenvalue weighted by Crippen LogP contribution is 2.21. The number of carbonyl (C=O) groups excluding carboxylic acids is 2. The Kier molecular flexibility index (Phi) is 8.19. The van der Waals surface area contributed by atoms with Gasteiger partial charge in [0.15, 0.2) is 0 Å². The van der Waals surface area contributed by atoms with Crippen molar-refractivity contribution in [3.63, 3.8) is 0 Å². The third-order valence-electron chi connectivity index (χ3n) is 7.02. The van der Waals surface area contributed by atoms with E-state index in [1.54, 1.807) is 36.3 Å². The van der Waals surface area contributed by atoms with E-state index in [0.29, 0.717) is 24.4 Å². The van der Waals surface area contributed by atoms with Gasteiger partial charge in [0, 0.05) is 44.0 Å². The molecule has 2 aliphatic heterocycles. The molecule has 0 spiro atoms. The Morgan fingerprint density at radius 1 is 0.912 bits per heavy atom. The molecule has 2 aromatic rings. The van der Waals surface area contributed by atoms with Crippen molar-refractivity contribution < 1.29 is 14.3 Å². The lowest BCUT2D eigenvalue weighted by Crippen LogP contribution is -2.53. The number of piperidine rings is 1. The minimum absolute atomic E-state index is 0.00958. The summed E-state index contributed by atoms with van der Waals surface area (Å²) in [6, 6.07) is 16.4. The van der Waals surface area contributed by atoms with Crippen LogP contribution in [0.15, 0.2) is 54.6 Å². The first-order valence-electron chi connectivity index (χ1n) is 12.2. The average molecular weight is 465 g/mol. The number of carbonyl (C=O) groups is 2. The maximum absolute atomic E-state index is 13.4. The Morgan fingerprint density at radius 3 is 2.18 bits per heavy atom. The Morgan fingerprint density at radius 2 is 1.56 bits per heavy atom. The molecule has 0 aliphatic carbocycles. The second-order valence-electron chi connectivity index (χ2n) is 9.38. The molecule has 4 rings (SSSR count). The van der Waals surface area contributed by atoms with Gasteiger partial charge in [-0.2, -0.15) is 0 Å². The zero-order valence-electron chi connectivity index (χ0n) is 20.4. The number of nitrogens with zero attached hydrogens (tertiary/aromatic N) is 4. The predicted molar refractivity (Wildman–Crippen MR) is 134 cm³/mol. The van der Waals surface area contributed by atoms with E-state index in [1.807, 2.05) is 35.2 Å². The molecule has 0 aromatic heterocycles. The zero-order chi connectivity index (χ0) is 23.9. The Labute approximate surface area is 202 Å². The van der Waals surface area contributed by atoms with E-state index < -0.39 is 0 Å². The lowest BCUT2D eigenvalue weighted by Gasteiger charge is -2.38. The van der Waals surface area contributed by atoms with Gasteiger partial charge in [-0.3, -0.25) is 19.4 Å². The number of likely N-dealkylation sites (tertiary alicyclic amines) is 1. The number of benzene rings is 2. The van der Waals surface area contributed by atoms with Crippen LogP contribution in [0.2, 0.25) is 0 Å². The van der Waals surface area contributed by atoms with Gasteiger partial charge in [-0.1, -0.05) is 18.2 Å². The summed E-state index contributed by atoms with van der Waals surface area (Å²) in [4.78, 5) is 35.0. The zero-order valence-corrected chi connectivity index (χ0v) is 20.4. The lowest BCUT2D eigenvalue weighted by molar-refractivity contribution is -0.131. The van der Waals surface area contributed by atoms with Crippen molar-refractivity contribution in [2.24, 2.45) is 5.92 Å². The minimum Gasteiger partial charge on any atom is -0.497 e. The van der Waals surface area contributed by atoms with E-state index in [0.717, 1.165) is 31.2 Å². The maximum Gasteiger partial charge on any atom is 0.258 e. The van der Waals surface area contributed by atoms with Crippen LogP contribution in [0.4, 0.5) is 5.69 Å². The SMILES string of the molecule is COc1ccc(C(=O)N(CC(=O)N2CCN(CC3CCN(C)CC3)CC2)c2ccccc2)cc1. The standard InChI is InChI=1S/C27H36N4O3/c1-28-14-12-22(13-15-28)20-29-16-18-30(19-17-29)26(32)21-31(24-6-4-3-5-7-24)27(33)23-8-10-25(34-2)11-9-23/h3-11,22H,12-21H2,1-2H3. The highest BCUT2D eigenvalue weighted by molar-refractivity contribution is 6.08. The van der Waals surface area contributed by atoms with Gasteiger partial charge in [0.25, 0.3) is 5.91 Å². The van der Waals surface area contributed by atoms with Crippen LogP contribution in [-0.4, -0.2) is 93.0 Å². The van der Waals surface area contributed by atoms with Crippen molar-refractivity contribution in [1.29, 1.82) is 0 Å². The number of piperazine rings is 1. The van der Waals surface area contributed by atoms with E-state index >= 15 is 0 Å². The topological polar surface area (TPSA) is 56.3 Å². The number of ether oxygens (including phenoxy) is 1. The lowest BCUT2D eigenvalue weighted by atomic mass is 9.96. The van der Waals surface area contributed by atoms with E-state index in [2.05, 4.69) is 16.8 Å². The van der Waals surface area contributed by atoms with E-state index in [4.69, 9.17) is 4.74 Å². The molecule has 0 N–H and O–H groups in total. The van der Waals surface area contributed by atoms with Gasteiger partial charge < -0.3 is 14.5 Å². The molecule has 2 saturated heterocycles. The molecule has 7 heteroatoms. The molecular weight excluding hydrogens is 428 g/mol. The summed E-state index contributed by atoms with van der Waals surface area (Å²) >= 11 is 0. The number of hydrogen-bond donors (Lipinski definition) is 0. The molecule has 2 heterocycles. The second kappa shape index (κ2) is 11.5. The average Bonchev–Trinajstić information content (AvgIpc) is 2.89. The fraction of sp³-hybridized carbons (Fsp3) is 0.481. The molecule has 0 atom stereocenters. The molecule has 182 valence electrons. The molecule has 2 fully saturated rings. The van der Waals surface area contributed by atoms with Gasteiger partial charge in [-0.25, -0.2) is 0 Å². The van der Waals surface area contributed by atoms with Gasteiger partial charge in [-0.05, 0) is 75.3 Å². The van der Waals surface area contributed by atoms with Gasteiger partial charge in [0.1, 0.15) is 12.3 Å². The van der Waals surface area contributed by atoms with Crippen LogP contribution in [0.25, 0.3) is 0 Å². The number of amides is 2. The van der Waals surface area contributed by atoms with Crippen LogP contribution in [0.5, 0.6) is 5.75 Å². The summed E-state index contributed by atoms with van der Waals surface area (Å²) in [6.07, 6.45) is 2.52. The molecule has 2 aromatic carbocycles. The van der Waals surface area contributed by atoms with Crippen molar-refractivity contribution in [2.45, 2.75) is 12.8 Å². The number of rotatable bonds is 7. The van der Waals surface area contributed by atoms with Gasteiger partial charge in [-0.15, -0.1) is 0 Å². The molecule has 0 bridgehead atoms. The van der Waals surface area contributed by atoms with E-state index in [1.165, 1.54) is 25.9 Å². The van der Waals surface area contributed by atoms with Crippen LogP contribution in [0.3, 0.4) is 0 Å². The van der Waals surface area contributed by atoms with Gasteiger partial charge in [0.2, 0.25) is 5.91 Å². The number of para-hydroxylation sites is 1. The number of methoxy groups -OCH3 is 1. The van der Waals surface area contributed by atoms with Crippen molar-refractivity contribution >= 4 is 17.5 Å². The summed E-state index contributed by atoms with van der Waals surface area (Å²) in [5.74, 6) is 1.25. The van der Waals surface area contributed by atoms with Crippen molar-refractivity contribution in [3.8, 4) is 5.75 Å². The van der Waals surface area contributed by atoms with Gasteiger partial charge >= 0.3 is 0 Å². The first-order valence-corrected chi connectivity index (χ1v) is 12.2. The summed E-state index contributed by atoms with van der Waals surface area (Å²) in [7, 11) is 3.79. The van der Waals surface area contributed by atoms with Crippen molar-refractivity contribution in [3.05, 3.63) is 60.2 Å². The summed E-state index contributed by atoms with van der Waals surface area (Å²) in [5.41, 5.74) is 1.25. The van der Waals surface area contributed by atoms with Gasteiger partial charge in [0.05, 0.1) is 7.11 Å². The quantitative estimate of drug-likeness (QED) is 0.631. The molecule has 7 nitrogen and oxygen atoms in total. The molecule has 0 saturated carbocycles. The fourth-order valence-corrected chi connectivity index (χ4v) is 4.80. The van der Waals surface area contributed by atoms with Crippen LogP contribution in [0, 0.1) is 5.92 Å². The van der Waals surface area contributed by atoms with Crippen molar-refractivity contribution in [2.75, 3.05) is 71.4 Å². The van der Waals surface area contributed by atoms with Crippen LogP contribution in [-0.2, 0) is 4.79 Å². The monoisotopic (exact) mass is 464 g/mol. The summed E-state index contributed by atoms with van der Waals surface area (Å²) in [5, 5.41) is 0. The maximum atomic E-state index is 13.4. The van der Waals surface area contributed by atoms with Crippen LogP contribution < -0.4 is 9.64 Å². The largest absolute Gasteiger partial charge is 0.497 e. The molecule has 2 aliphatic rings. The van der Waals surface area contributed by atoms with Crippen molar-refractivity contribution in [1.82, 2.24) is 14.7 Å². The Bertz CT molecular complexity index is 934. The summed E-state index contributed by atoms with van der Waals surface area (Å²) < 4.78 is 5.21. The Hall–Kier alpha value is -2.90. The smallest absolute Gasteiger partial charge is 0.258 e. The minimum atomic E-state index is -0.192. The molecule has 2 amide bonds. The second-order valence-corrected chi connectivity index (χ2v) is 9.38. The van der Waals surface area contributed by atoms with Crippen LogP contribution >= 0.6 is 0 Å². The van der Waals surface area contributed by atoms with Crippen LogP contribution in [0.1, 0.15) is 23.2 Å². The predicted octanol–water partition coefficient (Wildman–Crippen LogP) is 2.83. The first-order chi connectivity index (χ1) is 16.5. The van der Waals surface area contributed by atoms with E-state index in [-0.39, 0.29) is 18.4 Å². The molecule has 0 unspecified atom stereocenters. The number of hydrogen-bond acceptors (Lipinski definition) is 5. The fourth-order valence-electron chi connectivity index (χ4n) is 4.80. The third-order valence-corrected chi connectivity index (χ3v) is 7.02. The van der Waals surface area contributed by atoms with E-state index in [9.17, 15) is 9.59 Å². The summed E-state index contributed by atoms with van der Waals surface area (Å²) in [6.45, 7) is 6.74. The first kappa shape index (κ1) is 24.2. The third kappa shape index (κ3) is 6.15. The molecular formula is C27H36N4O3. The highest BCUT2D eigenvalue weighted by Gasteiger charge is 2.27. The number of anilines is 1. The normalized spacial score (nSPS) is 18.0. The Balaban J connectivity index is 1.37. The molecule has 0 radical (unpaired) electrons. The highest BCUT2D eigenvalue weighted by atomic mass is 16.5.